The summed E-state index contributed by atoms with van der Waals surface area (Å²) in [4.78, 5) is 0.0862. The van der Waals surface area contributed by atoms with Crippen molar-refractivity contribution in [3.8, 4) is 5.75 Å². The zero-order valence-corrected chi connectivity index (χ0v) is 15.9. The van der Waals surface area contributed by atoms with Gasteiger partial charge >= 0.3 is 0 Å². The normalized spacial score (nSPS) is 12.6. The molecule has 0 bridgehead atoms. The number of hydrogen-bond acceptors (Lipinski definition) is 4. The van der Waals surface area contributed by atoms with E-state index in [2.05, 4.69) is 9.82 Å². The summed E-state index contributed by atoms with van der Waals surface area (Å²) in [6, 6.07) is 4.20. The Morgan fingerprint density at radius 2 is 1.92 bits per heavy atom. The first-order valence-corrected chi connectivity index (χ1v) is 9.39. The molecule has 0 saturated heterocycles. The van der Waals surface area contributed by atoms with Crippen LogP contribution in [0.3, 0.4) is 0 Å². The minimum atomic E-state index is -3.93. The van der Waals surface area contributed by atoms with Crippen molar-refractivity contribution in [2.45, 2.75) is 51.0 Å². The molecule has 2 aromatic rings. The summed E-state index contributed by atoms with van der Waals surface area (Å²) in [6.07, 6.45) is 1.51. The van der Waals surface area contributed by atoms with Crippen LogP contribution in [0.25, 0.3) is 0 Å². The number of nitrogens with zero attached hydrogens (tertiary/aromatic N) is 2. The van der Waals surface area contributed by atoms with E-state index < -0.39 is 15.4 Å². The van der Waals surface area contributed by atoms with Gasteiger partial charge in [-0.2, -0.15) is 5.10 Å². The van der Waals surface area contributed by atoms with Gasteiger partial charge in [0.1, 0.15) is 10.6 Å². The molecule has 24 heavy (non-hydrogen) atoms. The molecule has 0 aliphatic heterocycles. The highest BCUT2D eigenvalue weighted by molar-refractivity contribution is 7.92. The second kappa shape index (κ2) is 6.29. The lowest BCUT2D eigenvalue weighted by Crippen LogP contribution is -2.20. The number of aromatic nitrogens is 2. The summed E-state index contributed by atoms with van der Waals surface area (Å²) in [5.74, 6) is -0.198. The van der Waals surface area contributed by atoms with Gasteiger partial charge in [0.2, 0.25) is 0 Å². The van der Waals surface area contributed by atoms with Crippen molar-refractivity contribution in [1.82, 2.24) is 9.78 Å². The molecule has 0 aliphatic carbocycles. The number of phenols is 1. The third-order valence-corrected chi connectivity index (χ3v) is 5.03. The Hall–Kier alpha value is -1.73. The quantitative estimate of drug-likeness (QED) is 0.797. The van der Waals surface area contributed by atoms with Crippen LogP contribution in [0.15, 0.2) is 29.3 Å². The number of sulfonamides is 1. The lowest BCUT2D eigenvalue weighted by atomic mass is 9.92. The number of anilines is 1. The first-order chi connectivity index (χ1) is 10.9. The van der Waals surface area contributed by atoms with Crippen LogP contribution in [0.5, 0.6) is 5.75 Å². The first kappa shape index (κ1) is 18.6. The molecule has 2 N–H and O–H groups in total. The Bertz CT molecular complexity index is 852. The number of rotatable bonds is 4. The Labute approximate surface area is 147 Å². The average Bonchev–Trinajstić information content (AvgIpc) is 2.89. The van der Waals surface area contributed by atoms with Crippen LogP contribution in [0.1, 0.15) is 46.4 Å². The Morgan fingerprint density at radius 3 is 2.46 bits per heavy atom. The maximum Gasteiger partial charge on any atom is 0.265 e. The third-order valence-electron chi connectivity index (χ3n) is 3.43. The van der Waals surface area contributed by atoms with Gasteiger partial charge in [0.05, 0.1) is 11.4 Å². The van der Waals surface area contributed by atoms with E-state index in [1.54, 1.807) is 4.68 Å². The minimum Gasteiger partial charge on any atom is -0.506 e. The fourth-order valence-electron chi connectivity index (χ4n) is 2.15. The van der Waals surface area contributed by atoms with Crippen molar-refractivity contribution < 1.29 is 13.5 Å². The second-order valence-electron chi connectivity index (χ2n) is 6.93. The van der Waals surface area contributed by atoms with E-state index in [0.29, 0.717) is 10.7 Å². The molecular weight excluding hydrogens is 350 g/mol. The summed E-state index contributed by atoms with van der Waals surface area (Å²) < 4.78 is 29.7. The number of halogens is 1. The minimum absolute atomic E-state index is 0.0228. The van der Waals surface area contributed by atoms with Gasteiger partial charge < -0.3 is 5.11 Å². The summed E-state index contributed by atoms with van der Waals surface area (Å²) >= 11 is 5.88. The van der Waals surface area contributed by atoms with Gasteiger partial charge in [-0.3, -0.25) is 9.40 Å². The molecule has 0 saturated carbocycles. The average molecular weight is 372 g/mol. The van der Waals surface area contributed by atoms with Crippen molar-refractivity contribution >= 4 is 27.3 Å². The van der Waals surface area contributed by atoms with Crippen LogP contribution >= 0.6 is 11.6 Å². The Balaban J connectivity index is 2.55. The van der Waals surface area contributed by atoms with Crippen LogP contribution < -0.4 is 4.72 Å². The van der Waals surface area contributed by atoms with Crippen molar-refractivity contribution in [3.05, 3.63) is 35.1 Å². The van der Waals surface area contributed by atoms with Gasteiger partial charge in [-0.1, -0.05) is 32.4 Å². The van der Waals surface area contributed by atoms with Crippen LogP contribution in [-0.2, 0) is 15.4 Å². The van der Waals surface area contributed by atoms with E-state index in [0.717, 1.165) is 0 Å². The lowest BCUT2D eigenvalue weighted by Gasteiger charge is -2.18. The number of aromatic hydroxyl groups is 1. The summed E-state index contributed by atoms with van der Waals surface area (Å²) in [7, 11) is -3.93. The van der Waals surface area contributed by atoms with Gasteiger partial charge in [-0.15, -0.1) is 0 Å². The molecule has 0 amide bonds. The van der Waals surface area contributed by atoms with E-state index in [9.17, 15) is 13.5 Å². The molecule has 0 atom stereocenters. The molecule has 0 unspecified atom stereocenters. The standard InChI is InChI=1S/C16H22ClN3O3S/c1-10(2)20-9-14(15(18-20)16(3,4)5)24(22,23)19-12-8-11(17)6-7-13(12)21/h6-10,19,21H,1-5H3. The van der Waals surface area contributed by atoms with Crippen LogP contribution in [0, 0.1) is 0 Å². The molecular formula is C16H22ClN3O3S. The molecule has 1 heterocycles. The van der Waals surface area contributed by atoms with Gasteiger partial charge in [0, 0.05) is 22.7 Å². The van der Waals surface area contributed by atoms with E-state index in [-0.39, 0.29) is 22.4 Å². The maximum absolute atomic E-state index is 12.8. The molecule has 2 rings (SSSR count). The van der Waals surface area contributed by atoms with Crippen molar-refractivity contribution in [2.75, 3.05) is 4.72 Å². The van der Waals surface area contributed by atoms with E-state index in [1.807, 2.05) is 34.6 Å². The van der Waals surface area contributed by atoms with E-state index in [1.165, 1.54) is 24.4 Å². The van der Waals surface area contributed by atoms with Crippen LogP contribution in [-0.4, -0.2) is 23.3 Å². The zero-order valence-electron chi connectivity index (χ0n) is 14.3. The summed E-state index contributed by atoms with van der Waals surface area (Å²) in [5, 5.41) is 14.6. The smallest absolute Gasteiger partial charge is 0.265 e. The molecule has 1 aromatic carbocycles. The van der Waals surface area contributed by atoms with Gasteiger partial charge in [-0.25, -0.2) is 8.42 Å². The fraction of sp³-hybridized carbons (Fsp3) is 0.438. The molecule has 0 spiro atoms. The largest absolute Gasteiger partial charge is 0.506 e. The number of benzene rings is 1. The highest BCUT2D eigenvalue weighted by Gasteiger charge is 2.31. The topological polar surface area (TPSA) is 84.2 Å². The van der Waals surface area contributed by atoms with Gasteiger partial charge in [-0.05, 0) is 32.0 Å². The fourth-order valence-corrected chi connectivity index (χ4v) is 3.73. The summed E-state index contributed by atoms with van der Waals surface area (Å²) in [6.45, 7) is 9.54. The zero-order chi connectivity index (χ0) is 18.3. The van der Waals surface area contributed by atoms with Crippen molar-refractivity contribution in [3.63, 3.8) is 0 Å². The number of nitrogens with one attached hydrogen (secondary N) is 1. The molecule has 1 aromatic heterocycles. The molecule has 0 fully saturated rings. The third kappa shape index (κ3) is 3.84. The summed E-state index contributed by atoms with van der Waals surface area (Å²) in [5.41, 5.74) is 0.0329. The monoisotopic (exact) mass is 371 g/mol. The molecule has 8 heteroatoms. The van der Waals surface area contributed by atoms with Crippen molar-refractivity contribution in [2.24, 2.45) is 0 Å². The second-order valence-corrected chi connectivity index (χ2v) is 9.02. The highest BCUT2D eigenvalue weighted by atomic mass is 35.5. The van der Waals surface area contributed by atoms with E-state index in [4.69, 9.17) is 11.6 Å². The predicted octanol–water partition coefficient (Wildman–Crippen LogP) is 3.92. The SMILES string of the molecule is CC(C)n1cc(S(=O)(=O)Nc2cc(Cl)ccc2O)c(C(C)(C)C)n1. The van der Waals surface area contributed by atoms with E-state index >= 15 is 0 Å². The number of hydrogen-bond donors (Lipinski definition) is 2. The molecule has 0 aliphatic rings. The first-order valence-electron chi connectivity index (χ1n) is 7.53. The predicted molar refractivity (Wildman–Crippen MR) is 95.2 cm³/mol. The van der Waals surface area contributed by atoms with Gasteiger partial charge in [0.25, 0.3) is 10.0 Å². The Kier molecular flexibility index (Phi) is 4.88. The molecule has 6 nitrogen and oxygen atoms in total. The molecule has 132 valence electrons. The van der Waals surface area contributed by atoms with Gasteiger partial charge in [0.15, 0.2) is 0 Å². The van der Waals surface area contributed by atoms with Crippen molar-refractivity contribution in [1.29, 1.82) is 0 Å². The number of phenolic OH excluding ortho intramolecular Hbond substituents is 1. The van der Waals surface area contributed by atoms with Crippen LogP contribution in [0.4, 0.5) is 5.69 Å². The highest BCUT2D eigenvalue weighted by Crippen LogP contribution is 2.32. The molecule has 0 radical (unpaired) electrons. The Morgan fingerprint density at radius 1 is 1.29 bits per heavy atom. The lowest BCUT2D eigenvalue weighted by molar-refractivity contribution is 0.477. The maximum atomic E-state index is 12.8. The van der Waals surface area contributed by atoms with Crippen LogP contribution in [0.2, 0.25) is 5.02 Å².